The Hall–Kier alpha value is -1.97. The molecule has 1 aromatic carbocycles. The highest BCUT2D eigenvalue weighted by molar-refractivity contribution is 6.06. The molecular weight excluding hydrogens is 183 g/mol. The zero-order chi connectivity index (χ0) is 10.1. The van der Waals surface area contributed by atoms with Crippen LogP contribution >= 0.6 is 0 Å². The maximum atomic E-state index is 13.0. The van der Waals surface area contributed by atoms with Gasteiger partial charge in [0.2, 0.25) is 5.91 Å². The number of rotatable bonds is 1. The van der Waals surface area contributed by atoms with E-state index in [4.69, 9.17) is 5.73 Å². The average Bonchev–Trinajstić information content (AvgIpc) is 2.16. The molecule has 1 heterocycles. The maximum Gasteiger partial charge on any atom is 0.249 e. The largest absolute Gasteiger partial charge is 0.366 e. The highest BCUT2D eigenvalue weighted by Crippen LogP contribution is 2.18. The molecule has 70 valence electrons. The van der Waals surface area contributed by atoms with Crippen LogP contribution in [-0.4, -0.2) is 10.9 Å². The topological polar surface area (TPSA) is 56.0 Å². The number of benzene rings is 1. The Balaban J connectivity index is 2.87. The number of fused-ring (bicyclic) bond motifs is 1. The molecule has 3 nitrogen and oxygen atoms in total. The van der Waals surface area contributed by atoms with E-state index in [-0.39, 0.29) is 5.56 Å². The van der Waals surface area contributed by atoms with E-state index in [0.717, 1.165) is 6.07 Å². The molecule has 2 N–H and O–H groups in total. The van der Waals surface area contributed by atoms with E-state index < -0.39 is 11.7 Å². The van der Waals surface area contributed by atoms with Gasteiger partial charge >= 0.3 is 0 Å². The van der Waals surface area contributed by atoms with Crippen molar-refractivity contribution in [1.82, 2.24) is 4.98 Å². The van der Waals surface area contributed by atoms with Gasteiger partial charge in [-0.15, -0.1) is 0 Å². The molecule has 0 saturated heterocycles. The van der Waals surface area contributed by atoms with Crippen molar-refractivity contribution >= 4 is 16.7 Å². The molecule has 0 bridgehead atoms. The van der Waals surface area contributed by atoms with Crippen molar-refractivity contribution in [2.45, 2.75) is 0 Å². The number of nitrogens with zero attached hydrogens (tertiary/aromatic N) is 1. The first-order valence-corrected chi connectivity index (χ1v) is 4.01. The summed E-state index contributed by atoms with van der Waals surface area (Å²) in [4.78, 5) is 14.8. The van der Waals surface area contributed by atoms with Gasteiger partial charge in [0.25, 0.3) is 0 Å². The molecule has 0 unspecified atom stereocenters. The van der Waals surface area contributed by atoms with Crippen molar-refractivity contribution in [2.24, 2.45) is 5.73 Å². The van der Waals surface area contributed by atoms with Crippen molar-refractivity contribution in [3.8, 4) is 0 Å². The Bertz CT molecular complexity index is 510. The molecule has 4 heteroatoms. The predicted molar refractivity (Wildman–Crippen MR) is 50.2 cm³/mol. The molecule has 14 heavy (non-hydrogen) atoms. The lowest BCUT2D eigenvalue weighted by atomic mass is 10.1. The minimum absolute atomic E-state index is 0.183. The third-order valence-electron chi connectivity index (χ3n) is 1.98. The van der Waals surface area contributed by atoms with Crippen LogP contribution in [0.15, 0.2) is 30.6 Å². The van der Waals surface area contributed by atoms with E-state index in [9.17, 15) is 9.18 Å². The monoisotopic (exact) mass is 190 g/mol. The molecule has 0 radical (unpaired) electrons. The molecule has 0 atom stereocenters. The first-order chi connectivity index (χ1) is 6.68. The number of aromatic nitrogens is 1. The standard InChI is InChI=1S/C10H7FN2O/c11-7-3-6-5-13-2-1-8(6)9(4-7)10(12)14/h1-5H,(H2,12,14). The molecular formula is C10H7FN2O. The minimum Gasteiger partial charge on any atom is -0.366 e. The van der Waals surface area contributed by atoms with Crippen LogP contribution in [0.3, 0.4) is 0 Å². The van der Waals surface area contributed by atoms with Crippen LogP contribution in [-0.2, 0) is 0 Å². The van der Waals surface area contributed by atoms with E-state index in [1.807, 2.05) is 0 Å². The fraction of sp³-hybridized carbons (Fsp3) is 0. The summed E-state index contributed by atoms with van der Waals surface area (Å²) in [5.74, 6) is -1.12. The van der Waals surface area contributed by atoms with Gasteiger partial charge < -0.3 is 5.73 Å². The van der Waals surface area contributed by atoms with Crippen molar-refractivity contribution in [2.75, 3.05) is 0 Å². The van der Waals surface area contributed by atoms with E-state index >= 15 is 0 Å². The highest BCUT2D eigenvalue weighted by atomic mass is 19.1. The molecule has 0 spiro atoms. The third-order valence-corrected chi connectivity index (χ3v) is 1.98. The van der Waals surface area contributed by atoms with E-state index in [2.05, 4.69) is 4.98 Å². The summed E-state index contributed by atoms with van der Waals surface area (Å²) in [6.07, 6.45) is 3.03. The van der Waals surface area contributed by atoms with Gasteiger partial charge in [0.15, 0.2) is 0 Å². The quantitative estimate of drug-likeness (QED) is 0.740. The number of carbonyl (C=O) groups is 1. The van der Waals surface area contributed by atoms with Crippen molar-refractivity contribution < 1.29 is 9.18 Å². The Morgan fingerprint density at radius 3 is 2.93 bits per heavy atom. The summed E-state index contributed by atoms with van der Waals surface area (Å²) in [5.41, 5.74) is 5.31. The smallest absolute Gasteiger partial charge is 0.249 e. The van der Waals surface area contributed by atoms with Gasteiger partial charge in [-0.3, -0.25) is 9.78 Å². The molecule has 0 aliphatic carbocycles. The Kier molecular flexibility index (Phi) is 1.89. The summed E-state index contributed by atoms with van der Waals surface area (Å²) < 4.78 is 13.0. The normalized spacial score (nSPS) is 10.4. The SMILES string of the molecule is NC(=O)c1cc(F)cc2cnccc12. The number of amides is 1. The molecule has 0 fully saturated rings. The fourth-order valence-corrected chi connectivity index (χ4v) is 1.38. The van der Waals surface area contributed by atoms with Gasteiger partial charge in [-0.2, -0.15) is 0 Å². The first kappa shape index (κ1) is 8.62. The summed E-state index contributed by atoms with van der Waals surface area (Å²) in [5, 5.41) is 1.19. The van der Waals surface area contributed by atoms with Crippen LogP contribution in [0.25, 0.3) is 10.8 Å². The number of hydrogen-bond acceptors (Lipinski definition) is 2. The van der Waals surface area contributed by atoms with Crippen LogP contribution in [0, 0.1) is 5.82 Å². The first-order valence-electron chi connectivity index (χ1n) is 4.01. The second-order valence-corrected chi connectivity index (χ2v) is 2.91. The van der Waals surface area contributed by atoms with E-state index in [1.165, 1.54) is 18.5 Å². The molecule has 0 aliphatic heterocycles. The molecule has 0 saturated carbocycles. The average molecular weight is 190 g/mol. The zero-order valence-electron chi connectivity index (χ0n) is 7.20. The Morgan fingerprint density at radius 1 is 1.43 bits per heavy atom. The van der Waals surface area contributed by atoms with Crippen LogP contribution in [0.2, 0.25) is 0 Å². The number of hydrogen-bond donors (Lipinski definition) is 1. The predicted octanol–water partition coefficient (Wildman–Crippen LogP) is 1.47. The van der Waals surface area contributed by atoms with Crippen LogP contribution < -0.4 is 5.73 Å². The second-order valence-electron chi connectivity index (χ2n) is 2.91. The van der Waals surface area contributed by atoms with Gasteiger partial charge in [0, 0.05) is 23.3 Å². The number of carbonyl (C=O) groups excluding carboxylic acids is 1. The molecule has 2 rings (SSSR count). The second kappa shape index (κ2) is 3.06. The Morgan fingerprint density at radius 2 is 2.21 bits per heavy atom. The summed E-state index contributed by atoms with van der Waals surface area (Å²) in [6, 6.07) is 4.08. The lowest BCUT2D eigenvalue weighted by Crippen LogP contribution is -2.11. The van der Waals surface area contributed by atoms with E-state index in [0.29, 0.717) is 10.8 Å². The third kappa shape index (κ3) is 1.31. The molecule has 2 aromatic rings. The number of primary amides is 1. The number of halogens is 1. The van der Waals surface area contributed by atoms with Gasteiger partial charge in [0.05, 0.1) is 0 Å². The van der Waals surface area contributed by atoms with Gasteiger partial charge in [-0.25, -0.2) is 4.39 Å². The maximum absolute atomic E-state index is 13.0. The summed E-state index contributed by atoms with van der Waals surface area (Å²) in [7, 11) is 0. The van der Waals surface area contributed by atoms with Crippen LogP contribution in [0.1, 0.15) is 10.4 Å². The van der Waals surface area contributed by atoms with Crippen molar-refractivity contribution in [1.29, 1.82) is 0 Å². The van der Waals surface area contributed by atoms with E-state index in [1.54, 1.807) is 6.07 Å². The van der Waals surface area contributed by atoms with Crippen LogP contribution in [0.5, 0.6) is 0 Å². The van der Waals surface area contributed by atoms with Gasteiger partial charge in [-0.1, -0.05) is 0 Å². The van der Waals surface area contributed by atoms with Crippen LogP contribution in [0.4, 0.5) is 4.39 Å². The lowest BCUT2D eigenvalue weighted by Gasteiger charge is -2.02. The van der Waals surface area contributed by atoms with Crippen molar-refractivity contribution in [3.63, 3.8) is 0 Å². The number of nitrogens with two attached hydrogens (primary N) is 1. The molecule has 1 aromatic heterocycles. The molecule has 1 amide bonds. The van der Waals surface area contributed by atoms with Crippen molar-refractivity contribution in [3.05, 3.63) is 42.0 Å². The summed E-state index contributed by atoms with van der Waals surface area (Å²) in [6.45, 7) is 0. The Labute approximate surface area is 79.4 Å². The minimum atomic E-state index is -0.638. The summed E-state index contributed by atoms with van der Waals surface area (Å²) >= 11 is 0. The lowest BCUT2D eigenvalue weighted by molar-refractivity contribution is 0.100. The van der Waals surface area contributed by atoms with Gasteiger partial charge in [-0.05, 0) is 23.6 Å². The fourth-order valence-electron chi connectivity index (χ4n) is 1.38. The highest BCUT2D eigenvalue weighted by Gasteiger charge is 2.08. The number of pyridine rings is 1. The van der Waals surface area contributed by atoms with Gasteiger partial charge in [0.1, 0.15) is 5.82 Å². The zero-order valence-corrected chi connectivity index (χ0v) is 7.20. The molecule has 0 aliphatic rings.